The van der Waals surface area contributed by atoms with Crippen molar-refractivity contribution in [3.63, 3.8) is 0 Å². The molecule has 0 spiro atoms. The fourth-order valence-corrected chi connectivity index (χ4v) is 2.76. The lowest BCUT2D eigenvalue weighted by molar-refractivity contribution is -0.149. The molecule has 0 radical (unpaired) electrons. The van der Waals surface area contributed by atoms with Gasteiger partial charge in [0.05, 0.1) is 18.8 Å². The maximum atomic E-state index is 11.9. The Labute approximate surface area is 91.8 Å². The summed E-state index contributed by atoms with van der Waals surface area (Å²) in [5.74, 6) is 0.331. The number of hydrogen-bond donors (Lipinski definition) is 0. The van der Waals surface area contributed by atoms with Gasteiger partial charge in [0.1, 0.15) is 0 Å². The number of carbonyl (C=O) groups is 1. The summed E-state index contributed by atoms with van der Waals surface area (Å²) in [6.07, 6.45) is 6.77. The molecule has 1 saturated heterocycles. The Morgan fingerprint density at radius 2 is 2.20 bits per heavy atom. The number of fused-ring (bicyclic) bond motifs is 1. The van der Waals surface area contributed by atoms with Gasteiger partial charge in [-0.25, -0.2) is 0 Å². The minimum atomic E-state index is 0.327. The number of carbonyl (C=O) groups excluding carboxylic acids is 1. The monoisotopic (exact) mass is 211 g/mol. The molecule has 0 bridgehead atoms. The third-order valence-corrected chi connectivity index (χ3v) is 3.52. The number of hydrogen-bond acceptors (Lipinski definition) is 2. The molecule has 0 N–H and O–H groups in total. The van der Waals surface area contributed by atoms with Gasteiger partial charge in [-0.2, -0.15) is 0 Å². The molecule has 1 saturated carbocycles. The highest BCUT2D eigenvalue weighted by atomic mass is 16.5. The van der Waals surface area contributed by atoms with Crippen LogP contribution in [-0.2, 0) is 9.53 Å². The SMILES string of the molecule is CCCC(=O)N1CCOC2CCCCC21. The van der Waals surface area contributed by atoms with E-state index < -0.39 is 0 Å². The number of ether oxygens (including phenoxy) is 1. The van der Waals surface area contributed by atoms with Gasteiger partial charge in [-0.1, -0.05) is 19.8 Å². The van der Waals surface area contributed by atoms with E-state index in [9.17, 15) is 4.79 Å². The van der Waals surface area contributed by atoms with E-state index in [4.69, 9.17) is 4.74 Å². The topological polar surface area (TPSA) is 29.5 Å². The Balaban J connectivity index is 2.00. The van der Waals surface area contributed by atoms with Crippen molar-refractivity contribution in [3.05, 3.63) is 0 Å². The van der Waals surface area contributed by atoms with Gasteiger partial charge in [0, 0.05) is 13.0 Å². The zero-order valence-electron chi connectivity index (χ0n) is 9.58. The molecule has 2 aliphatic rings. The van der Waals surface area contributed by atoms with Gasteiger partial charge in [0.2, 0.25) is 5.91 Å². The van der Waals surface area contributed by atoms with Gasteiger partial charge in [0.15, 0.2) is 0 Å². The molecule has 2 rings (SSSR count). The van der Waals surface area contributed by atoms with Crippen LogP contribution >= 0.6 is 0 Å². The van der Waals surface area contributed by atoms with Crippen LogP contribution in [0.5, 0.6) is 0 Å². The smallest absolute Gasteiger partial charge is 0.222 e. The highest BCUT2D eigenvalue weighted by molar-refractivity contribution is 5.76. The van der Waals surface area contributed by atoms with E-state index in [1.165, 1.54) is 12.8 Å². The van der Waals surface area contributed by atoms with Gasteiger partial charge >= 0.3 is 0 Å². The van der Waals surface area contributed by atoms with Crippen molar-refractivity contribution in [3.8, 4) is 0 Å². The van der Waals surface area contributed by atoms with Gasteiger partial charge in [0.25, 0.3) is 0 Å². The molecule has 2 fully saturated rings. The Kier molecular flexibility index (Phi) is 3.62. The fourth-order valence-electron chi connectivity index (χ4n) is 2.76. The lowest BCUT2D eigenvalue weighted by Gasteiger charge is -2.43. The molecule has 1 aliphatic heterocycles. The molecular formula is C12H21NO2. The van der Waals surface area contributed by atoms with Gasteiger partial charge in [-0.05, 0) is 19.3 Å². The summed E-state index contributed by atoms with van der Waals surface area (Å²) in [7, 11) is 0. The molecule has 86 valence electrons. The maximum Gasteiger partial charge on any atom is 0.222 e. The average Bonchev–Trinajstić information content (AvgIpc) is 2.28. The highest BCUT2D eigenvalue weighted by Gasteiger charge is 2.35. The molecule has 0 aromatic heterocycles. The van der Waals surface area contributed by atoms with Crippen LogP contribution in [0.15, 0.2) is 0 Å². The minimum absolute atomic E-state index is 0.327. The van der Waals surface area contributed by atoms with Crippen LogP contribution in [0.3, 0.4) is 0 Å². The van der Waals surface area contributed by atoms with Gasteiger partial charge in [-0.3, -0.25) is 4.79 Å². The van der Waals surface area contributed by atoms with Crippen LogP contribution in [0.1, 0.15) is 45.4 Å². The first-order valence-corrected chi connectivity index (χ1v) is 6.24. The Hall–Kier alpha value is -0.570. The zero-order chi connectivity index (χ0) is 10.7. The number of morpholine rings is 1. The van der Waals surface area contributed by atoms with Crippen molar-refractivity contribution in [2.75, 3.05) is 13.2 Å². The third kappa shape index (κ3) is 2.33. The second kappa shape index (κ2) is 4.97. The molecule has 1 heterocycles. The van der Waals surface area contributed by atoms with Crippen molar-refractivity contribution < 1.29 is 9.53 Å². The van der Waals surface area contributed by atoms with E-state index in [0.717, 1.165) is 32.4 Å². The number of nitrogens with zero attached hydrogens (tertiary/aromatic N) is 1. The number of amides is 1. The summed E-state index contributed by atoms with van der Waals surface area (Å²) in [6, 6.07) is 0.381. The van der Waals surface area contributed by atoms with Crippen molar-refractivity contribution >= 4 is 5.91 Å². The van der Waals surface area contributed by atoms with E-state index in [1.54, 1.807) is 0 Å². The Bertz CT molecular complexity index is 228. The zero-order valence-corrected chi connectivity index (χ0v) is 9.58. The summed E-state index contributed by atoms with van der Waals surface area (Å²) in [4.78, 5) is 14.0. The van der Waals surface area contributed by atoms with E-state index in [-0.39, 0.29) is 0 Å². The first-order valence-electron chi connectivity index (χ1n) is 6.24. The Morgan fingerprint density at radius 3 is 3.00 bits per heavy atom. The predicted molar refractivity (Wildman–Crippen MR) is 58.6 cm³/mol. The van der Waals surface area contributed by atoms with Crippen molar-refractivity contribution in [1.82, 2.24) is 4.90 Å². The highest BCUT2D eigenvalue weighted by Crippen LogP contribution is 2.28. The normalized spacial score (nSPS) is 31.1. The molecule has 2 atom stereocenters. The summed E-state index contributed by atoms with van der Waals surface area (Å²) in [6.45, 7) is 3.60. The summed E-state index contributed by atoms with van der Waals surface area (Å²) >= 11 is 0. The van der Waals surface area contributed by atoms with E-state index in [1.807, 2.05) is 0 Å². The first-order chi connectivity index (χ1) is 7.33. The minimum Gasteiger partial charge on any atom is -0.374 e. The first kappa shape index (κ1) is 10.9. The van der Waals surface area contributed by atoms with Gasteiger partial charge < -0.3 is 9.64 Å². The van der Waals surface area contributed by atoms with Crippen LogP contribution in [0.25, 0.3) is 0 Å². The van der Waals surface area contributed by atoms with E-state index in [2.05, 4.69) is 11.8 Å². The molecule has 1 amide bonds. The maximum absolute atomic E-state index is 11.9. The Morgan fingerprint density at radius 1 is 1.40 bits per heavy atom. The van der Waals surface area contributed by atoms with Crippen molar-refractivity contribution in [2.45, 2.75) is 57.6 Å². The largest absolute Gasteiger partial charge is 0.374 e. The molecule has 1 aliphatic carbocycles. The standard InChI is InChI=1S/C12H21NO2/c1-2-5-12(14)13-8-9-15-11-7-4-3-6-10(11)13/h10-11H,2-9H2,1H3. The third-order valence-electron chi connectivity index (χ3n) is 3.52. The molecule has 3 nitrogen and oxygen atoms in total. The fraction of sp³-hybridized carbons (Fsp3) is 0.917. The average molecular weight is 211 g/mol. The van der Waals surface area contributed by atoms with Crippen LogP contribution in [0.2, 0.25) is 0 Å². The second-order valence-corrected chi connectivity index (χ2v) is 4.60. The van der Waals surface area contributed by atoms with Crippen molar-refractivity contribution in [2.24, 2.45) is 0 Å². The lowest BCUT2D eigenvalue weighted by Crippen LogP contribution is -2.54. The summed E-state index contributed by atoms with van der Waals surface area (Å²) in [5.41, 5.74) is 0. The van der Waals surface area contributed by atoms with Crippen LogP contribution in [0, 0.1) is 0 Å². The molecule has 0 aromatic carbocycles. The lowest BCUT2D eigenvalue weighted by atomic mass is 9.90. The van der Waals surface area contributed by atoms with E-state index in [0.29, 0.717) is 24.5 Å². The van der Waals surface area contributed by atoms with Crippen LogP contribution < -0.4 is 0 Å². The van der Waals surface area contributed by atoms with Crippen LogP contribution in [0.4, 0.5) is 0 Å². The summed E-state index contributed by atoms with van der Waals surface area (Å²) < 4.78 is 5.75. The van der Waals surface area contributed by atoms with E-state index >= 15 is 0 Å². The quantitative estimate of drug-likeness (QED) is 0.698. The van der Waals surface area contributed by atoms with Gasteiger partial charge in [-0.15, -0.1) is 0 Å². The molecule has 2 unspecified atom stereocenters. The molecule has 0 aromatic rings. The van der Waals surface area contributed by atoms with Crippen LogP contribution in [-0.4, -0.2) is 36.1 Å². The molecule has 3 heteroatoms. The molecular weight excluding hydrogens is 190 g/mol. The predicted octanol–water partition coefficient (Wildman–Crippen LogP) is 1.96. The number of rotatable bonds is 2. The second-order valence-electron chi connectivity index (χ2n) is 4.60. The summed E-state index contributed by atoms with van der Waals surface area (Å²) in [5, 5.41) is 0. The van der Waals surface area contributed by atoms with Crippen molar-refractivity contribution in [1.29, 1.82) is 0 Å². The molecule has 15 heavy (non-hydrogen) atoms.